The molecular weight excluding hydrogens is 150 g/mol. The summed E-state index contributed by atoms with van der Waals surface area (Å²) in [6.07, 6.45) is 7.28. The quantitative estimate of drug-likeness (QED) is 0.625. The smallest absolute Gasteiger partial charge is 0.224 e. The Morgan fingerprint density at radius 3 is 2.92 bits per heavy atom. The van der Waals surface area contributed by atoms with Crippen molar-refractivity contribution < 1.29 is 4.79 Å². The number of hydrogen-bond donors (Lipinski definition) is 1. The molecule has 12 heavy (non-hydrogen) atoms. The van der Waals surface area contributed by atoms with Crippen molar-refractivity contribution in [3.63, 3.8) is 0 Å². The highest BCUT2D eigenvalue weighted by molar-refractivity contribution is 5.82. The number of rotatable bonds is 3. The van der Waals surface area contributed by atoms with Crippen LogP contribution in [0.4, 0.5) is 0 Å². The van der Waals surface area contributed by atoms with Gasteiger partial charge < -0.3 is 5.32 Å². The molecular formula is C10H15NO. The second-order valence-electron chi connectivity index (χ2n) is 3.41. The molecule has 0 aliphatic heterocycles. The molecule has 1 N–H and O–H groups in total. The maximum absolute atomic E-state index is 11.3. The first-order valence-electron chi connectivity index (χ1n) is 4.45. The SMILES string of the molecule is C#CC(C)NC(=O)[C@@H]1C[C@H]1CC. The van der Waals surface area contributed by atoms with E-state index in [1.165, 1.54) is 0 Å². The van der Waals surface area contributed by atoms with Gasteiger partial charge in [-0.05, 0) is 19.3 Å². The van der Waals surface area contributed by atoms with E-state index in [1.807, 2.05) is 6.92 Å². The predicted molar refractivity (Wildman–Crippen MR) is 48.3 cm³/mol. The topological polar surface area (TPSA) is 29.1 Å². The highest BCUT2D eigenvalue weighted by Gasteiger charge is 2.41. The van der Waals surface area contributed by atoms with Crippen LogP contribution in [0, 0.1) is 24.2 Å². The van der Waals surface area contributed by atoms with Crippen molar-refractivity contribution in [3.8, 4) is 12.3 Å². The molecule has 3 atom stereocenters. The molecule has 1 rings (SSSR count). The van der Waals surface area contributed by atoms with Crippen molar-refractivity contribution >= 4 is 5.91 Å². The summed E-state index contributed by atoms with van der Waals surface area (Å²) in [5.41, 5.74) is 0. The maximum atomic E-state index is 11.3. The van der Waals surface area contributed by atoms with Gasteiger partial charge in [-0.15, -0.1) is 6.42 Å². The minimum absolute atomic E-state index is 0.129. The molecule has 0 heterocycles. The number of nitrogens with one attached hydrogen (secondary N) is 1. The third-order valence-electron chi connectivity index (χ3n) is 2.39. The van der Waals surface area contributed by atoms with Gasteiger partial charge in [0, 0.05) is 5.92 Å². The fourth-order valence-corrected chi connectivity index (χ4v) is 1.38. The second-order valence-corrected chi connectivity index (χ2v) is 3.41. The van der Waals surface area contributed by atoms with Crippen LogP contribution in [0.5, 0.6) is 0 Å². The van der Waals surface area contributed by atoms with E-state index >= 15 is 0 Å². The van der Waals surface area contributed by atoms with Gasteiger partial charge in [-0.2, -0.15) is 0 Å². The van der Waals surface area contributed by atoms with Crippen molar-refractivity contribution in [2.24, 2.45) is 11.8 Å². The van der Waals surface area contributed by atoms with E-state index < -0.39 is 0 Å². The molecule has 1 saturated carbocycles. The Morgan fingerprint density at radius 2 is 2.50 bits per heavy atom. The molecule has 0 radical (unpaired) electrons. The zero-order valence-corrected chi connectivity index (χ0v) is 7.63. The summed E-state index contributed by atoms with van der Waals surface area (Å²) in [4.78, 5) is 11.3. The highest BCUT2D eigenvalue weighted by Crippen LogP contribution is 2.40. The molecule has 1 amide bonds. The molecule has 0 bridgehead atoms. The normalized spacial score (nSPS) is 28.8. The van der Waals surface area contributed by atoms with Crippen LogP contribution >= 0.6 is 0 Å². The van der Waals surface area contributed by atoms with Crippen LogP contribution in [0.3, 0.4) is 0 Å². The molecule has 0 saturated heterocycles. The number of terminal acetylenes is 1. The van der Waals surface area contributed by atoms with Gasteiger partial charge >= 0.3 is 0 Å². The van der Waals surface area contributed by atoms with Crippen LogP contribution in [0.1, 0.15) is 26.7 Å². The third-order valence-corrected chi connectivity index (χ3v) is 2.39. The summed E-state index contributed by atoms with van der Waals surface area (Å²) in [7, 11) is 0. The number of hydrogen-bond acceptors (Lipinski definition) is 1. The summed E-state index contributed by atoms with van der Waals surface area (Å²) in [6.45, 7) is 3.93. The lowest BCUT2D eigenvalue weighted by molar-refractivity contribution is -0.122. The van der Waals surface area contributed by atoms with Crippen molar-refractivity contribution in [3.05, 3.63) is 0 Å². The van der Waals surface area contributed by atoms with Gasteiger partial charge in [-0.3, -0.25) is 4.79 Å². The summed E-state index contributed by atoms with van der Waals surface area (Å²) in [5, 5.41) is 2.78. The van der Waals surface area contributed by atoms with Crippen LogP contribution in [0.15, 0.2) is 0 Å². The van der Waals surface area contributed by atoms with Gasteiger partial charge in [0.05, 0.1) is 6.04 Å². The first kappa shape index (κ1) is 9.12. The van der Waals surface area contributed by atoms with Crippen LogP contribution < -0.4 is 5.32 Å². The van der Waals surface area contributed by atoms with Gasteiger partial charge in [-0.25, -0.2) is 0 Å². The first-order valence-corrected chi connectivity index (χ1v) is 4.45. The van der Waals surface area contributed by atoms with Crippen LogP contribution in [0.2, 0.25) is 0 Å². The zero-order valence-electron chi connectivity index (χ0n) is 7.63. The minimum atomic E-state index is -0.129. The summed E-state index contributed by atoms with van der Waals surface area (Å²) < 4.78 is 0. The van der Waals surface area contributed by atoms with Gasteiger partial charge in [0.25, 0.3) is 0 Å². The Hall–Kier alpha value is -0.970. The Morgan fingerprint density at radius 1 is 1.83 bits per heavy atom. The van der Waals surface area contributed by atoms with Crippen molar-refractivity contribution in [2.75, 3.05) is 0 Å². The third kappa shape index (κ3) is 2.01. The zero-order chi connectivity index (χ0) is 9.14. The van der Waals surface area contributed by atoms with Crippen molar-refractivity contribution in [1.29, 1.82) is 0 Å². The van der Waals surface area contributed by atoms with E-state index in [9.17, 15) is 4.79 Å². The van der Waals surface area contributed by atoms with E-state index in [0.717, 1.165) is 12.8 Å². The van der Waals surface area contributed by atoms with E-state index in [1.54, 1.807) is 0 Å². The number of carbonyl (C=O) groups excluding carboxylic acids is 1. The molecule has 1 aliphatic rings. The predicted octanol–water partition coefficient (Wildman–Crippen LogP) is 1.17. The lowest BCUT2D eigenvalue weighted by atomic mass is 10.2. The van der Waals surface area contributed by atoms with Crippen molar-refractivity contribution in [1.82, 2.24) is 5.32 Å². The fourth-order valence-electron chi connectivity index (χ4n) is 1.38. The second kappa shape index (κ2) is 3.62. The van der Waals surface area contributed by atoms with Gasteiger partial charge in [0.1, 0.15) is 0 Å². The average Bonchev–Trinajstić information content (AvgIpc) is 2.82. The van der Waals surface area contributed by atoms with Gasteiger partial charge in [-0.1, -0.05) is 19.3 Å². The number of amides is 1. The Labute approximate surface area is 73.7 Å². The molecule has 0 aromatic carbocycles. The van der Waals surface area contributed by atoms with E-state index in [-0.39, 0.29) is 17.9 Å². The molecule has 66 valence electrons. The van der Waals surface area contributed by atoms with Gasteiger partial charge in [0.2, 0.25) is 5.91 Å². The summed E-state index contributed by atoms with van der Waals surface area (Å²) in [6, 6.07) is -0.129. The van der Waals surface area contributed by atoms with Crippen LogP contribution in [-0.2, 0) is 4.79 Å². The molecule has 2 nitrogen and oxygen atoms in total. The van der Waals surface area contributed by atoms with Crippen molar-refractivity contribution in [2.45, 2.75) is 32.7 Å². The molecule has 1 aliphatic carbocycles. The maximum Gasteiger partial charge on any atom is 0.224 e. The largest absolute Gasteiger partial charge is 0.343 e. The summed E-state index contributed by atoms with van der Waals surface area (Å²) in [5.74, 6) is 3.46. The molecule has 1 fully saturated rings. The van der Waals surface area contributed by atoms with Gasteiger partial charge in [0.15, 0.2) is 0 Å². The lowest BCUT2D eigenvalue weighted by Gasteiger charge is -2.06. The highest BCUT2D eigenvalue weighted by atomic mass is 16.2. The molecule has 2 heteroatoms. The van der Waals surface area contributed by atoms with E-state index in [0.29, 0.717) is 5.92 Å². The minimum Gasteiger partial charge on any atom is -0.343 e. The Balaban J connectivity index is 2.28. The van der Waals surface area contributed by atoms with E-state index in [2.05, 4.69) is 18.2 Å². The summed E-state index contributed by atoms with van der Waals surface area (Å²) >= 11 is 0. The number of carbonyl (C=O) groups is 1. The Bertz CT molecular complexity index is 216. The molecule has 0 aromatic heterocycles. The molecule has 1 unspecified atom stereocenters. The van der Waals surface area contributed by atoms with Crippen LogP contribution in [-0.4, -0.2) is 11.9 Å². The fraction of sp³-hybridized carbons (Fsp3) is 0.700. The monoisotopic (exact) mass is 165 g/mol. The Kier molecular flexibility index (Phi) is 2.75. The first-order chi connectivity index (χ1) is 5.69. The average molecular weight is 165 g/mol. The van der Waals surface area contributed by atoms with E-state index in [4.69, 9.17) is 6.42 Å². The molecule has 0 aromatic rings. The lowest BCUT2D eigenvalue weighted by Crippen LogP contribution is -2.32. The standard InChI is InChI=1S/C10H15NO/c1-4-7(3)11-10(12)9-6-8(9)5-2/h1,7-9H,5-6H2,2-3H3,(H,11,12)/t7?,8-,9-/m1/s1. The molecule has 0 spiro atoms. The van der Waals surface area contributed by atoms with Crippen LogP contribution in [0.25, 0.3) is 0 Å².